The van der Waals surface area contributed by atoms with Crippen molar-refractivity contribution in [3.05, 3.63) is 106 Å². The summed E-state index contributed by atoms with van der Waals surface area (Å²) in [4.78, 5) is 28.0. The molecule has 3 aromatic rings. The lowest BCUT2D eigenvalue weighted by molar-refractivity contribution is -0.117. The number of halogens is 1. The first-order valence-electron chi connectivity index (χ1n) is 10.3. The molecule has 0 aromatic heterocycles. The van der Waals surface area contributed by atoms with Gasteiger partial charge in [0.1, 0.15) is 16.7 Å². The van der Waals surface area contributed by atoms with Crippen molar-refractivity contribution in [2.75, 3.05) is 10.2 Å². The smallest absolute Gasteiger partial charge is 0.269 e. The summed E-state index contributed by atoms with van der Waals surface area (Å²) in [5.74, 6) is -0.753. The number of hydrogen-bond donors (Lipinski definition) is 1. The summed E-state index contributed by atoms with van der Waals surface area (Å²) in [6, 6.07) is 25.8. The van der Waals surface area contributed by atoms with Crippen LogP contribution in [0.4, 0.5) is 11.4 Å². The molecule has 7 heteroatoms. The molecule has 1 aliphatic heterocycles. The van der Waals surface area contributed by atoms with E-state index in [9.17, 15) is 14.9 Å². The normalized spacial score (nSPS) is 16.9. The zero-order valence-electron chi connectivity index (χ0n) is 17.8. The summed E-state index contributed by atoms with van der Waals surface area (Å²) in [6.07, 6.45) is 0.491. The fraction of sp³-hybridized carbons (Fsp3) is 0.115. The number of benzene rings is 3. The quantitative estimate of drug-likeness (QED) is 0.380. The van der Waals surface area contributed by atoms with Crippen molar-refractivity contribution < 1.29 is 9.59 Å². The Hall–Kier alpha value is -3.53. The van der Waals surface area contributed by atoms with Gasteiger partial charge in [0.2, 0.25) is 5.91 Å². The van der Waals surface area contributed by atoms with Crippen LogP contribution in [-0.4, -0.2) is 17.1 Å². The van der Waals surface area contributed by atoms with Crippen molar-refractivity contribution in [1.82, 2.24) is 0 Å². The summed E-state index contributed by atoms with van der Waals surface area (Å²) < 4.78 is 0. The highest BCUT2D eigenvalue weighted by Gasteiger charge is 2.40. The van der Waals surface area contributed by atoms with E-state index in [1.54, 1.807) is 36.4 Å². The first kappa shape index (κ1) is 22.7. The van der Waals surface area contributed by atoms with Gasteiger partial charge < -0.3 is 5.32 Å². The number of anilines is 2. The number of nitriles is 1. The van der Waals surface area contributed by atoms with Crippen LogP contribution in [0.25, 0.3) is 0 Å². The molecular weight excluding hydrogens is 454 g/mol. The summed E-state index contributed by atoms with van der Waals surface area (Å²) in [7, 11) is 0. The van der Waals surface area contributed by atoms with Gasteiger partial charge in [-0.15, -0.1) is 0 Å². The molecule has 1 aliphatic rings. The van der Waals surface area contributed by atoms with Crippen LogP contribution in [0, 0.1) is 18.3 Å². The van der Waals surface area contributed by atoms with Crippen LogP contribution >= 0.6 is 23.4 Å². The van der Waals surface area contributed by atoms with Gasteiger partial charge in [0.15, 0.2) is 0 Å². The lowest BCUT2D eigenvalue weighted by Gasteiger charge is -2.18. The summed E-state index contributed by atoms with van der Waals surface area (Å²) in [5, 5.41) is 13.0. The highest BCUT2D eigenvalue weighted by atomic mass is 35.5. The standard InChI is InChI=1S/C26H20ClN3O2S/c1-17-10-12-18(13-11-17)14-23-25(32)30(21-8-3-2-4-9-21)26(33-23)22(16-28)24(31)29-20-7-5-6-19(27)15-20/h2-13,15,23H,14H2,1H3,(H,29,31)/b26-22+/t23-/m1/s1. The second-order valence-electron chi connectivity index (χ2n) is 7.56. The number of rotatable bonds is 5. The maximum absolute atomic E-state index is 13.4. The van der Waals surface area contributed by atoms with E-state index >= 15 is 0 Å². The third kappa shape index (κ3) is 5.11. The van der Waals surface area contributed by atoms with Crippen molar-refractivity contribution in [2.45, 2.75) is 18.6 Å². The van der Waals surface area contributed by atoms with Crippen LogP contribution in [0.3, 0.4) is 0 Å². The molecule has 0 unspecified atom stereocenters. The van der Waals surface area contributed by atoms with Gasteiger partial charge in [-0.2, -0.15) is 5.26 Å². The maximum Gasteiger partial charge on any atom is 0.269 e. The van der Waals surface area contributed by atoms with Gasteiger partial charge in [0, 0.05) is 16.4 Å². The Morgan fingerprint density at radius 3 is 2.48 bits per heavy atom. The molecule has 0 bridgehead atoms. The summed E-state index contributed by atoms with van der Waals surface area (Å²) in [6.45, 7) is 2.01. The summed E-state index contributed by atoms with van der Waals surface area (Å²) in [5.41, 5.74) is 3.11. The van der Waals surface area contributed by atoms with E-state index in [0.717, 1.165) is 11.1 Å². The number of nitrogens with zero attached hydrogens (tertiary/aromatic N) is 2. The molecule has 164 valence electrons. The monoisotopic (exact) mass is 473 g/mol. The first-order chi connectivity index (χ1) is 16.0. The van der Waals surface area contributed by atoms with E-state index in [4.69, 9.17) is 11.6 Å². The van der Waals surface area contributed by atoms with Gasteiger partial charge >= 0.3 is 0 Å². The molecule has 33 heavy (non-hydrogen) atoms. The highest BCUT2D eigenvalue weighted by molar-refractivity contribution is 8.05. The van der Waals surface area contributed by atoms with Crippen molar-refractivity contribution in [3.63, 3.8) is 0 Å². The SMILES string of the molecule is Cc1ccc(C[C@H]2S/C(=C(\C#N)C(=O)Nc3cccc(Cl)c3)N(c3ccccc3)C2=O)cc1. The minimum atomic E-state index is -0.591. The second kappa shape index (κ2) is 9.95. The number of aryl methyl sites for hydroxylation is 1. The third-order valence-corrected chi connectivity index (χ3v) is 6.64. The lowest BCUT2D eigenvalue weighted by atomic mass is 10.1. The molecule has 1 saturated heterocycles. The number of carbonyl (C=O) groups is 2. The van der Waals surface area contributed by atoms with Gasteiger partial charge in [-0.1, -0.05) is 77.5 Å². The minimum Gasteiger partial charge on any atom is -0.321 e. The van der Waals surface area contributed by atoms with Crippen LogP contribution in [0.5, 0.6) is 0 Å². The predicted molar refractivity (Wildman–Crippen MR) is 133 cm³/mol. The fourth-order valence-corrected chi connectivity index (χ4v) is 5.00. The van der Waals surface area contributed by atoms with Crippen molar-refractivity contribution in [3.8, 4) is 6.07 Å². The van der Waals surface area contributed by atoms with Crippen LogP contribution in [0.15, 0.2) is 89.5 Å². The van der Waals surface area contributed by atoms with E-state index in [-0.39, 0.29) is 11.5 Å². The van der Waals surface area contributed by atoms with Crippen LogP contribution in [-0.2, 0) is 16.0 Å². The van der Waals surface area contributed by atoms with Gasteiger partial charge in [0.25, 0.3) is 5.91 Å². The van der Waals surface area contributed by atoms with Crippen LogP contribution in [0.2, 0.25) is 5.02 Å². The van der Waals surface area contributed by atoms with E-state index in [1.807, 2.05) is 55.5 Å². The fourth-order valence-electron chi connectivity index (χ4n) is 3.50. The molecule has 1 N–H and O–H groups in total. The Labute approximate surface area is 201 Å². The van der Waals surface area contributed by atoms with E-state index in [0.29, 0.717) is 27.8 Å². The van der Waals surface area contributed by atoms with Crippen molar-refractivity contribution >= 4 is 46.6 Å². The first-order valence-corrected chi connectivity index (χ1v) is 11.5. The second-order valence-corrected chi connectivity index (χ2v) is 9.19. The molecule has 0 aliphatic carbocycles. The minimum absolute atomic E-state index is 0.122. The molecule has 5 nitrogen and oxygen atoms in total. The number of para-hydroxylation sites is 1. The van der Waals surface area contributed by atoms with Gasteiger partial charge in [-0.05, 0) is 49.2 Å². The van der Waals surface area contributed by atoms with Gasteiger partial charge in [-0.25, -0.2) is 0 Å². The van der Waals surface area contributed by atoms with Crippen LogP contribution < -0.4 is 10.2 Å². The third-order valence-electron chi connectivity index (χ3n) is 5.14. The molecule has 1 fully saturated rings. The zero-order valence-corrected chi connectivity index (χ0v) is 19.4. The Kier molecular flexibility index (Phi) is 6.83. The van der Waals surface area contributed by atoms with Crippen molar-refractivity contribution in [2.24, 2.45) is 0 Å². The summed E-state index contributed by atoms with van der Waals surface area (Å²) >= 11 is 7.25. The van der Waals surface area contributed by atoms with Crippen molar-refractivity contribution in [1.29, 1.82) is 5.26 Å². The topological polar surface area (TPSA) is 73.2 Å². The molecule has 2 amide bonds. The lowest BCUT2D eigenvalue weighted by Crippen LogP contribution is -2.30. The molecule has 1 heterocycles. The molecule has 0 radical (unpaired) electrons. The number of carbonyl (C=O) groups excluding carboxylic acids is 2. The van der Waals surface area contributed by atoms with Gasteiger partial charge in [0.05, 0.1) is 5.25 Å². The van der Waals surface area contributed by atoms with Crippen LogP contribution in [0.1, 0.15) is 11.1 Å². The number of amides is 2. The Balaban J connectivity index is 1.71. The maximum atomic E-state index is 13.4. The van der Waals surface area contributed by atoms with E-state index in [2.05, 4.69) is 5.32 Å². The number of hydrogen-bond acceptors (Lipinski definition) is 4. The average molecular weight is 474 g/mol. The largest absolute Gasteiger partial charge is 0.321 e. The molecule has 3 aromatic carbocycles. The Morgan fingerprint density at radius 1 is 1.09 bits per heavy atom. The molecule has 0 spiro atoms. The average Bonchev–Trinajstić information content (AvgIpc) is 3.12. The molecule has 0 saturated carbocycles. The zero-order chi connectivity index (χ0) is 23.4. The Bertz CT molecular complexity index is 1270. The number of thioether (sulfide) groups is 1. The molecule has 4 rings (SSSR count). The molecular formula is C26H20ClN3O2S. The van der Waals surface area contributed by atoms with E-state index in [1.165, 1.54) is 16.7 Å². The van der Waals surface area contributed by atoms with E-state index < -0.39 is 11.2 Å². The number of nitrogens with one attached hydrogen (secondary N) is 1. The Morgan fingerprint density at radius 2 is 1.82 bits per heavy atom. The highest BCUT2D eigenvalue weighted by Crippen LogP contribution is 2.42. The van der Waals surface area contributed by atoms with Gasteiger partial charge in [-0.3, -0.25) is 14.5 Å². The predicted octanol–water partition coefficient (Wildman–Crippen LogP) is 5.71. The molecule has 1 atom stereocenters.